The molecule has 2 aromatic carbocycles. The highest BCUT2D eigenvalue weighted by atomic mass is 31.2. The summed E-state index contributed by atoms with van der Waals surface area (Å²) >= 11 is 0. The van der Waals surface area contributed by atoms with Gasteiger partial charge in [-0.3, -0.25) is 0 Å². The second-order valence-corrected chi connectivity index (χ2v) is 8.41. The van der Waals surface area contributed by atoms with Crippen LogP contribution in [0.5, 0.6) is 0 Å². The van der Waals surface area contributed by atoms with Crippen molar-refractivity contribution >= 4 is 23.8 Å². The summed E-state index contributed by atoms with van der Waals surface area (Å²) in [5, 5.41) is 11.0. The van der Waals surface area contributed by atoms with Crippen molar-refractivity contribution < 1.29 is 18.5 Å². The molecule has 0 aliphatic carbocycles. The van der Waals surface area contributed by atoms with Gasteiger partial charge in [0.05, 0.1) is 6.26 Å². The second-order valence-electron chi connectivity index (χ2n) is 5.57. The lowest BCUT2D eigenvalue weighted by atomic mass is 10.3. The number of furan rings is 1. The molecule has 1 N–H and O–H groups in total. The number of aliphatic hydroxyl groups is 1. The number of hydrogen-bond acceptors (Lipinski definition) is 3. The number of rotatable bonds is 6. The van der Waals surface area contributed by atoms with Gasteiger partial charge in [0.1, 0.15) is 11.9 Å². The van der Waals surface area contributed by atoms with E-state index < -0.39 is 19.2 Å². The van der Waals surface area contributed by atoms with E-state index in [1.165, 1.54) is 18.4 Å². The largest absolute Gasteiger partial charge is 0.465 e. The van der Waals surface area contributed by atoms with Crippen molar-refractivity contribution in [2.24, 2.45) is 0 Å². The zero-order valence-corrected chi connectivity index (χ0v) is 14.3. The van der Waals surface area contributed by atoms with Gasteiger partial charge in [-0.15, -0.1) is 0 Å². The lowest BCUT2D eigenvalue weighted by Crippen LogP contribution is -2.30. The van der Waals surface area contributed by atoms with Crippen LogP contribution in [-0.2, 0) is 4.57 Å². The Kier molecular flexibility index (Phi) is 5.32. The van der Waals surface area contributed by atoms with Crippen LogP contribution in [0, 0.1) is 0 Å². The van der Waals surface area contributed by atoms with E-state index >= 15 is 4.39 Å². The van der Waals surface area contributed by atoms with Crippen LogP contribution in [0.3, 0.4) is 0 Å². The van der Waals surface area contributed by atoms with Crippen LogP contribution in [0.2, 0.25) is 0 Å². The molecular weight excluding hydrogens is 338 g/mol. The van der Waals surface area contributed by atoms with Gasteiger partial charge in [-0.2, -0.15) is 0 Å². The monoisotopic (exact) mass is 356 g/mol. The summed E-state index contributed by atoms with van der Waals surface area (Å²) in [6.07, 6.45) is 2.69. The van der Waals surface area contributed by atoms with Gasteiger partial charge in [-0.25, -0.2) is 4.39 Å². The van der Waals surface area contributed by atoms with Crippen LogP contribution >= 0.6 is 7.14 Å². The Bertz CT molecular complexity index is 817. The quantitative estimate of drug-likeness (QED) is 0.680. The maximum absolute atomic E-state index is 15.3. The maximum Gasteiger partial charge on any atom is 0.189 e. The predicted octanol–water partition coefficient (Wildman–Crippen LogP) is 3.96. The third-order valence-corrected chi connectivity index (χ3v) is 7.04. The molecule has 5 heteroatoms. The first-order chi connectivity index (χ1) is 12.1. The Labute approximate surface area is 145 Å². The van der Waals surface area contributed by atoms with E-state index in [0.29, 0.717) is 16.4 Å². The molecule has 128 valence electrons. The van der Waals surface area contributed by atoms with Crippen molar-refractivity contribution in [3.05, 3.63) is 90.9 Å². The molecule has 2 atom stereocenters. The molecule has 0 bridgehead atoms. The highest BCUT2D eigenvalue weighted by molar-refractivity contribution is 7.79. The number of hydrogen-bond donors (Lipinski definition) is 1. The van der Waals surface area contributed by atoms with Crippen LogP contribution in [0.4, 0.5) is 4.39 Å². The Balaban J connectivity index is 1.98. The molecule has 0 aliphatic rings. The molecule has 0 aliphatic heterocycles. The first-order valence-corrected chi connectivity index (χ1v) is 9.65. The van der Waals surface area contributed by atoms with Crippen molar-refractivity contribution in [2.45, 2.75) is 12.0 Å². The summed E-state index contributed by atoms with van der Waals surface area (Å²) in [6.45, 7) is 0. The fourth-order valence-electron chi connectivity index (χ4n) is 2.62. The fraction of sp³-hybridized carbons (Fsp3) is 0.100. The highest BCUT2D eigenvalue weighted by Gasteiger charge is 2.40. The summed E-state index contributed by atoms with van der Waals surface area (Å²) in [5.41, 5.74) is 0. The Morgan fingerprint density at radius 2 is 1.48 bits per heavy atom. The molecule has 0 saturated carbocycles. The molecular formula is C20H18FO3P. The fourth-order valence-corrected chi connectivity index (χ4v) is 5.25. The van der Waals surface area contributed by atoms with E-state index in [4.69, 9.17) is 4.42 Å². The minimum Gasteiger partial charge on any atom is -0.465 e. The van der Waals surface area contributed by atoms with Crippen LogP contribution in [-0.4, -0.2) is 17.1 Å². The van der Waals surface area contributed by atoms with Crippen LogP contribution in [0.25, 0.3) is 6.08 Å². The normalized spacial score (nSPS) is 14.5. The molecule has 3 aromatic rings. The van der Waals surface area contributed by atoms with Gasteiger partial charge in [0.25, 0.3) is 0 Å². The Morgan fingerprint density at radius 3 is 1.96 bits per heavy atom. The highest BCUT2D eigenvalue weighted by Crippen LogP contribution is 2.50. The van der Waals surface area contributed by atoms with Crippen LogP contribution in [0.15, 0.2) is 89.6 Å². The number of halogens is 1. The van der Waals surface area contributed by atoms with Crippen molar-refractivity contribution in [1.29, 1.82) is 0 Å². The number of benzene rings is 2. The van der Waals surface area contributed by atoms with Gasteiger partial charge in [0.15, 0.2) is 13.1 Å². The molecule has 0 fully saturated rings. The van der Waals surface area contributed by atoms with E-state index in [0.717, 1.165) is 0 Å². The molecule has 0 unspecified atom stereocenters. The second kappa shape index (κ2) is 7.64. The number of aliphatic hydroxyl groups excluding tert-OH is 1. The van der Waals surface area contributed by atoms with Crippen molar-refractivity contribution in [3.8, 4) is 0 Å². The number of alkyl halides is 1. The van der Waals surface area contributed by atoms with Crippen molar-refractivity contribution in [3.63, 3.8) is 0 Å². The van der Waals surface area contributed by atoms with Crippen LogP contribution < -0.4 is 10.6 Å². The minimum absolute atomic E-state index is 0.374. The van der Waals surface area contributed by atoms with Crippen molar-refractivity contribution in [2.75, 3.05) is 0 Å². The van der Waals surface area contributed by atoms with Gasteiger partial charge < -0.3 is 14.1 Å². The topological polar surface area (TPSA) is 50.4 Å². The lowest BCUT2D eigenvalue weighted by molar-refractivity contribution is 0.160. The third kappa shape index (κ3) is 3.65. The summed E-state index contributed by atoms with van der Waals surface area (Å²) in [6, 6.07) is 20.3. The van der Waals surface area contributed by atoms with E-state index in [1.807, 2.05) is 0 Å². The molecule has 25 heavy (non-hydrogen) atoms. The molecule has 0 spiro atoms. The van der Waals surface area contributed by atoms with E-state index in [-0.39, 0.29) is 0 Å². The first kappa shape index (κ1) is 17.4. The van der Waals surface area contributed by atoms with Gasteiger partial charge in [0, 0.05) is 10.6 Å². The average molecular weight is 356 g/mol. The molecule has 3 rings (SSSR count). The predicted molar refractivity (Wildman–Crippen MR) is 98.4 cm³/mol. The van der Waals surface area contributed by atoms with Gasteiger partial charge in [-0.1, -0.05) is 60.7 Å². The molecule has 0 saturated heterocycles. The standard InChI is InChI=1S/C20H18FO3P/c21-20(19(22)14-13-16-8-7-15-24-16)25(23,17-9-3-1-4-10-17)18-11-5-2-6-12-18/h1-15,19-20,22H/b14-13+/t19-,20+/m0/s1. The lowest BCUT2D eigenvalue weighted by Gasteiger charge is -2.25. The third-order valence-electron chi connectivity index (χ3n) is 3.91. The zero-order valence-electron chi connectivity index (χ0n) is 13.4. The summed E-state index contributed by atoms with van der Waals surface area (Å²) in [4.78, 5) is 0. The summed E-state index contributed by atoms with van der Waals surface area (Å²) < 4.78 is 34.1. The molecule has 0 amide bonds. The molecule has 0 radical (unpaired) electrons. The first-order valence-electron chi connectivity index (χ1n) is 7.87. The SMILES string of the molecule is O=P(c1ccccc1)(c1ccccc1)[C@@H](F)[C@@H](O)/C=C/c1ccco1. The summed E-state index contributed by atoms with van der Waals surface area (Å²) in [5.74, 6) is -1.48. The molecule has 1 aromatic heterocycles. The van der Waals surface area contributed by atoms with Gasteiger partial charge in [-0.05, 0) is 24.3 Å². The van der Waals surface area contributed by atoms with E-state index in [1.54, 1.807) is 72.8 Å². The average Bonchev–Trinajstić information content (AvgIpc) is 3.20. The minimum atomic E-state index is -3.68. The van der Waals surface area contributed by atoms with E-state index in [9.17, 15) is 9.67 Å². The smallest absolute Gasteiger partial charge is 0.189 e. The van der Waals surface area contributed by atoms with E-state index in [2.05, 4.69) is 0 Å². The summed E-state index contributed by atoms with van der Waals surface area (Å²) in [7, 11) is -3.68. The van der Waals surface area contributed by atoms with Gasteiger partial charge in [0.2, 0.25) is 0 Å². The molecule has 3 nitrogen and oxygen atoms in total. The van der Waals surface area contributed by atoms with Crippen LogP contribution in [0.1, 0.15) is 5.76 Å². The van der Waals surface area contributed by atoms with Crippen molar-refractivity contribution in [1.82, 2.24) is 0 Å². The van der Waals surface area contributed by atoms with Gasteiger partial charge >= 0.3 is 0 Å². The Morgan fingerprint density at radius 1 is 0.920 bits per heavy atom. The Hall–Kier alpha value is -2.42. The maximum atomic E-state index is 15.3. The zero-order chi connectivity index (χ0) is 17.7. The molecule has 1 heterocycles.